The molecule has 120 valence electrons. The fraction of sp³-hybridized carbons (Fsp3) is 0.667. The highest BCUT2D eigenvalue weighted by Crippen LogP contribution is 2.34. The number of hydrogen-bond donors (Lipinski definition) is 1. The molecule has 0 fully saturated rings. The third kappa shape index (κ3) is 4.70. The van der Waals surface area contributed by atoms with Gasteiger partial charge in [0, 0.05) is 18.8 Å². The van der Waals surface area contributed by atoms with E-state index < -0.39 is 0 Å². The van der Waals surface area contributed by atoms with Crippen LogP contribution in [-0.4, -0.2) is 18.6 Å². The van der Waals surface area contributed by atoms with Crippen molar-refractivity contribution in [2.24, 2.45) is 17.6 Å². The van der Waals surface area contributed by atoms with Crippen LogP contribution in [0.5, 0.6) is 0 Å². The molecular formula is C18H31FN2. The quantitative estimate of drug-likeness (QED) is 0.768. The van der Waals surface area contributed by atoms with Crippen LogP contribution in [0, 0.1) is 17.7 Å². The van der Waals surface area contributed by atoms with Gasteiger partial charge in [0.25, 0.3) is 0 Å². The molecule has 0 atom stereocenters. The van der Waals surface area contributed by atoms with Crippen LogP contribution in [-0.2, 0) is 0 Å². The molecule has 3 heteroatoms. The van der Waals surface area contributed by atoms with E-state index in [0.717, 1.165) is 25.1 Å². The van der Waals surface area contributed by atoms with E-state index in [2.05, 4.69) is 39.5 Å². The maximum absolute atomic E-state index is 13.6. The molecule has 1 aromatic rings. The fourth-order valence-corrected chi connectivity index (χ4v) is 3.54. The molecule has 0 aliphatic carbocycles. The van der Waals surface area contributed by atoms with E-state index in [1.807, 2.05) is 6.07 Å². The molecule has 21 heavy (non-hydrogen) atoms. The first kappa shape index (κ1) is 18.0. The summed E-state index contributed by atoms with van der Waals surface area (Å²) in [5, 5.41) is 0. The van der Waals surface area contributed by atoms with Gasteiger partial charge in [-0.25, -0.2) is 4.39 Å². The highest BCUT2D eigenvalue weighted by Gasteiger charge is 2.36. The predicted molar refractivity (Wildman–Crippen MR) is 90.1 cm³/mol. The van der Waals surface area contributed by atoms with E-state index in [9.17, 15) is 4.39 Å². The molecule has 0 saturated heterocycles. The Morgan fingerprint density at radius 3 is 2.10 bits per heavy atom. The van der Waals surface area contributed by atoms with Crippen LogP contribution >= 0.6 is 0 Å². The number of likely N-dealkylation sites (N-methyl/N-ethyl adjacent to an activating group) is 1. The second-order valence-electron chi connectivity index (χ2n) is 6.85. The summed E-state index contributed by atoms with van der Waals surface area (Å²) in [6.45, 7) is 12.5. The van der Waals surface area contributed by atoms with Crippen molar-refractivity contribution in [3.8, 4) is 0 Å². The summed E-state index contributed by atoms with van der Waals surface area (Å²) in [5.41, 5.74) is 7.05. The van der Waals surface area contributed by atoms with Gasteiger partial charge < -0.3 is 10.6 Å². The van der Waals surface area contributed by atoms with Gasteiger partial charge in [-0.05, 0) is 49.8 Å². The Morgan fingerprint density at radius 1 is 1.14 bits per heavy atom. The number of benzene rings is 1. The number of rotatable bonds is 8. The normalized spacial score (nSPS) is 12.2. The maximum Gasteiger partial charge on any atom is 0.125 e. The minimum Gasteiger partial charge on any atom is -0.365 e. The summed E-state index contributed by atoms with van der Waals surface area (Å²) in [4.78, 5) is 2.30. The minimum atomic E-state index is -0.189. The van der Waals surface area contributed by atoms with Gasteiger partial charge in [0.15, 0.2) is 0 Å². The number of nitrogens with two attached hydrogens (primary N) is 1. The van der Waals surface area contributed by atoms with Crippen molar-refractivity contribution >= 4 is 5.69 Å². The summed E-state index contributed by atoms with van der Waals surface area (Å²) in [6.07, 6.45) is 2.04. The van der Waals surface area contributed by atoms with E-state index in [0.29, 0.717) is 18.4 Å². The van der Waals surface area contributed by atoms with Gasteiger partial charge in [0.1, 0.15) is 5.82 Å². The van der Waals surface area contributed by atoms with Crippen molar-refractivity contribution in [1.29, 1.82) is 0 Å². The number of halogens is 1. The van der Waals surface area contributed by atoms with Gasteiger partial charge in [-0.15, -0.1) is 0 Å². The molecule has 2 nitrogen and oxygen atoms in total. The van der Waals surface area contributed by atoms with Gasteiger partial charge in [-0.2, -0.15) is 0 Å². The Bertz CT molecular complexity index is 419. The first-order valence-corrected chi connectivity index (χ1v) is 8.08. The largest absolute Gasteiger partial charge is 0.365 e. The smallest absolute Gasteiger partial charge is 0.125 e. The van der Waals surface area contributed by atoms with Crippen molar-refractivity contribution in [2.75, 3.05) is 18.0 Å². The number of hydrogen-bond acceptors (Lipinski definition) is 2. The molecule has 0 unspecified atom stereocenters. The van der Waals surface area contributed by atoms with Crippen molar-refractivity contribution in [2.45, 2.75) is 53.0 Å². The Balaban J connectivity index is 3.24. The molecule has 0 heterocycles. The van der Waals surface area contributed by atoms with E-state index >= 15 is 0 Å². The summed E-state index contributed by atoms with van der Waals surface area (Å²) >= 11 is 0. The molecule has 1 aromatic carbocycles. The Labute approximate surface area is 129 Å². The number of nitrogens with zero attached hydrogens (tertiary/aromatic N) is 1. The van der Waals surface area contributed by atoms with E-state index in [-0.39, 0.29) is 11.4 Å². The fourth-order valence-electron chi connectivity index (χ4n) is 3.54. The SMILES string of the molecule is CCN(c1cccc(F)c1)C(CN)(CC(C)C)CC(C)C. The molecule has 0 aliphatic rings. The van der Waals surface area contributed by atoms with Crippen molar-refractivity contribution in [3.63, 3.8) is 0 Å². The van der Waals surface area contributed by atoms with Crippen molar-refractivity contribution in [1.82, 2.24) is 0 Å². The maximum atomic E-state index is 13.6. The van der Waals surface area contributed by atoms with Crippen LogP contribution in [0.4, 0.5) is 10.1 Å². The zero-order valence-corrected chi connectivity index (χ0v) is 14.2. The lowest BCUT2D eigenvalue weighted by molar-refractivity contribution is 0.272. The van der Waals surface area contributed by atoms with Crippen LogP contribution < -0.4 is 10.6 Å². The zero-order valence-electron chi connectivity index (χ0n) is 14.2. The molecule has 1 rings (SSSR count). The van der Waals surface area contributed by atoms with Crippen LogP contribution in [0.1, 0.15) is 47.5 Å². The average molecular weight is 294 g/mol. The lowest BCUT2D eigenvalue weighted by atomic mass is 9.80. The third-order valence-electron chi connectivity index (χ3n) is 3.97. The first-order chi connectivity index (χ1) is 9.84. The first-order valence-electron chi connectivity index (χ1n) is 8.08. The second-order valence-corrected chi connectivity index (χ2v) is 6.85. The second kappa shape index (κ2) is 7.79. The molecule has 0 bridgehead atoms. The lowest BCUT2D eigenvalue weighted by Gasteiger charge is -2.47. The van der Waals surface area contributed by atoms with Crippen molar-refractivity contribution in [3.05, 3.63) is 30.1 Å². The van der Waals surface area contributed by atoms with Crippen molar-refractivity contribution < 1.29 is 4.39 Å². The Kier molecular flexibility index (Phi) is 6.66. The molecular weight excluding hydrogens is 263 g/mol. The van der Waals surface area contributed by atoms with Crippen LogP contribution in [0.3, 0.4) is 0 Å². The minimum absolute atomic E-state index is 0.106. The summed E-state index contributed by atoms with van der Waals surface area (Å²) in [7, 11) is 0. The van der Waals surface area contributed by atoms with Gasteiger partial charge in [-0.1, -0.05) is 33.8 Å². The molecule has 2 N–H and O–H groups in total. The summed E-state index contributed by atoms with van der Waals surface area (Å²) in [6, 6.07) is 6.87. The summed E-state index contributed by atoms with van der Waals surface area (Å²) < 4.78 is 13.6. The third-order valence-corrected chi connectivity index (χ3v) is 3.97. The van der Waals surface area contributed by atoms with Gasteiger partial charge in [0.05, 0.1) is 5.54 Å². The van der Waals surface area contributed by atoms with Gasteiger partial charge >= 0.3 is 0 Å². The van der Waals surface area contributed by atoms with E-state index in [1.54, 1.807) is 12.1 Å². The van der Waals surface area contributed by atoms with E-state index in [1.165, 1.54) is 6.07 Å². The van der Waals surface area contributed by atoms with Crippen LogP contribution in [0.25, 0.3) is 0 Å². The highest BCUT2D eigenvalue weighted by atomic mass is 19.1. The lowest BCUT2D eigenvalue weighted by Crippen LogP contribution is -2.56. The standard InChI is InChI=1S/C18H31FN2/c1-6-21(17-9-7-8-16(19)10-17)18(13-20,11-14(2)3)12-15(4)5/h7-10,14-15H,6,11-13,20H2,1-5H3. The molecule has 0 aliphatic heterocycles. The van der Waals surface area contributed by atoms with E-state index in [4.69, 9.17) is 5.73 Å². The summed E-state index contributed by atoms with van der Waals surface area (Å²) in [5.74, 6) is 0.913. The average Bonchev–Trinajstić information content (AvgIpc) is 2.37. The number of anilines is 1. The van der Waals surface area contributed by atoms with Gasteiger partial charge in [0.2, 0.25) is 0 Å². The molecule has 0 saturated carbocycles. The Morgan fingerprint density at radius 2 is 1.71 bits per heavy atom. The van der Waals surface area contributed by atoms with Gasteiger partial charge in [-0.3, -0.25) is 0 Å². The topological polar surface area (TPSA) is 29.3 Å². The molecule has 0 spiro atoms. The highest BCUT2D eigenvalue weighted by molar-refractivity contribution is 5.49. The van der Waals surface area contributed by atoms with Crippen LogP contribution in [0.2, 0.25) is 0 Å². The Hall–Kier alpha value is -1.09. The monoisotopic (exact) mass is 294 g/mol. The van der Waals surface area contributed by atoms with Crippen LogP contribution in [0.15, 0.2) is 24.3 Å². The zero-order chi connectivity index (χ0) is 16.0. The molecule has 0 radical (unpaired) electrons. The predicted octanol–water partition coefficient (Wildman–Crippen LogP) is 4.44. The molecule has 0 aromatic heterocycles. The molecule has 0 amide bonds.